The van der Waals surface area contributed by atoms with Crippen molar-refractivity contribution in [1.82, 2.24) is 0 Å². The summed E-state index contributed by atoms with van der Waals surface area (Å²) in [5.41, 5.74) is 2.03. The van der Waals surface area contributed by atoms with E-state index < -0.39 is 0 Å². The van der Waals surface area contributed by atoms with Crippen LogP contribution in [0.2, 0.25) is 0 Å². The van der Waals surface area contributed by atoms with E-state index in [4.69, 9.17) is 13.9 Å². The molecule has 0 bridgehead atoms. The van der Waals surface area contributed by atoms with Crippen LogP contribution >= 0.6 is 15.9 Å². The number of phenolic OH excluding ortho intramolecular Hbond substituents is 1. The summed E-state index contributed by atoms with van der Waals surface area (Å²) in [6.07, 6.45) is 1.60. The lowest BCUT2D eigenvalue weighted by atomic mass is 10.1. The molecule has 0 unspecified atom stereocenters. The number of hydrogen-bond acceptors (Lipinski definition) is 5. The van der Waals surface area contributed by atoms with E-state index in [0.717, 1.165) is 21.0 Å². The quantitative estimate of drug-likeness (QED) is 0.661. The number of carbonyl (C=O) groups excluding carboxylic acids is 1. The summed E-state index contributed by atoms with van der Waals surface area (Å²) in [4.78, 5) is 12.1. The SMILES string of the molecule is COc1ccc(Br)cc1COC(=O)Cc1coc2cc(O)ccc12. The smallest absolute Gasteiger partial charge is 0.310 e. The molecule has 3 rings (SSSR count). The molecule has 0 amide bonds. The molecule has 0 saturated carbocycles. The first kappa shape index (κ1) is 16.4. The Hall–Kier alpha value is -2.47. The molecule has 1 aromatic heterocycles. The molecule has 0 aliphatic rings. The first-order valence-corrected chi connectivity index (χ1v) is 8.03. The zero-order valence-electron chi connectivity index (χ0n) is 12.9. The number of rotatable bonds is 5. The van der Waals surface area contributed by atoms with E-state index in [2.05, 4.69) is 15.9 Å². The zero-order valence-corrected chi connectivity index (χ0v) is 14.5. The minimum atomic E-state index is -0.368. The lowest BCUT2D eigenvalue weighted by molar-refractivity contribution is -0.144. The van der Waals surface area contributed by atoms with Crippen molar-refractivity contribution in [2.75, 3.05) is 7.11 Å². The maximum Gasteiger partial charge on any atom is 0.310 e. The molecule has 0 aliphatic heterocycles. The Bertz CT molecular complexity index is 884. The van der Waals surface area contributed by atoms with Crippen LogP contribution in [0.25, 0.3) is 11.0 Å². The molecule has 3 aromatic rings. The van der Waals surface area contributed by atoms with Crippen molar-refractivity contribution in [2.45, 2.75) is 13.0 Å². The van der Waals surface area contributed by atoms with Gasteiger partial charge in [-0.25, -0.2) is 0 Å². The molecule has 0 aliphatic carbocycles. The van der Waals surface area contributed by atoms with Crippen LogP contribution in [0.1, 0.15) is 11.1 Å². The maximum atomic E-state index is 12.1. The average Bonchev–Trinajstić information content (AvgIpc) is 2.95. The van der Waals surface area contributed by atoms with Crippen molar-refractivity contribution in [3.8, 4) is 11.5 Å². The second kappa shape index (κ2) is 6.97. The van der Waals surface area contributed by atoms with Gasteiger partial charge in [-0.1, -0.05) is 15.9 Å². The highest BCUT2D eigenvalue weighted by Crippen LogP contribution is 2.26. The molecular formula is C18H15BrO5. The van der Waals surface area contributed by atoms with Crippen LogP contribution in [0.15, 0.2) is 51.6 Å². The first-order valence-electron chi connectivity index (χ1n) is 7.24. The number of fused-ring (bicyclic) bond motifs is 1. The molecule has 0 fully saturated rings. The number of methoxy groups -OCH3 is 1. The van der Waals surface area contributed by atoms with Gasteiger partial charge in [-0.05, 0) is 30.3 Å². The minimum absolute atomic E-state index is 0.0914. The topological polar surface area (TPSA) is 68.9 Å². The number of halogens is 1. The Morgan fingerprint density at radius 1 is 1.21 bits per heavy atom. The first-order chi connectivity index (χ1) is 11.6. The van der Waals surface area contributed by atoms with Crippen molar-refractivity contribution in [3.63, 3.8) is 0 Å². The molecule has 1 heterocycles. The van der Waals surface area contributed by atoms with E-state index >= 15 is 0 Å². The molecule has 0 saturated heterocycles. The second-order valence-corrected chi connectivity index (χ2v) is 6.15. The number of furan rings is 1. The van der Waals surface area contributed by atoms with Gasteiger partial charge in [0.25, 0.3) is 0 Å². The predicted molar refractivity (Wildman–Crippen MR) is 92.1 cm³/mol. The van der Waals surface area contributed by atoms with Crippen LogP contribution in [-0.2, 0) is 22.6 Å². The van der Waals surface area contributed by atoms with Crippen LogP contribution in [0.4, 0.5) is 0 Å². The van der Waals surface area contributed by atoms with Gasteiger partial charge in [0.1, 0.15) is 23.7 Å². The molecule has 0 spiro atoms. The molecule has 6 heteroatoms. The summed E-state index contributed by atoms with van der Waals surface area (Å²) in [7, 11) is 1.57. The summed E-state index contributed by atoms with van der Waals surface area (Å²) in [6.45, 7) is 0.123. The van der Waals surface area contributed by atoms with Crippen LogP contribution in [0.3, 0.4) is 0 Å². The highest BCUT2D eigenvalue weighted by Gasteiger charge is 2.13. The molecule has 124 valence electrons. The van der Waals surface area contributed by atoms with Crippen LogP contribution in [0, 0.1) is 0 Å². The Balaban J connectivity index is 1.68. The molecule has 5 nitrogen and oxygen atoms in total. The fraction of sp³-hybridized carbons (Fsp3) is 0.167. The Morgan fingerprint density at radius 2 is 2.04 bits per heavy atom. The van der Waals surface area contributed by atoms with E-state index in [1.54, 1.807) is 19.2 Å². The zero-order chi connectivity index (χ0) is 17.1. The fourth-order valence-electron chi connectivity index (χ4n) is 2.43. The van der Waals surface area contributed by atoms with Gasteiger partial charge >= 0.3 is 5.97 Å². The summed E-state index contributed by atoms with van der Waals surface area (Å²) < 4.78 is 16.8. The van der Waals surface area contributed by atoms with Gasteiger partial charge in [0.2, 0.25) is 0 Å². The standard InChI is InChI=1S/C18H15BrO5/c1-22-16-5-2-13(19)6-12(16)10-24-18(21)7-11-9-23-17-8-14(20)3-4-15(11)17/h2-6,8-9,20H,7,10H2,1H3. The van der Waals surface area contributed by atoms with Gasteiger partial charge in [-0.15, -0.1) is 0 Å². The Kier molecular flexibility index (Phi) is 4.76. The number of aromatic hydroxyl groups is 1. The van der Waals surface area contributed by atoms with Crippen molar-refractivity contribution in [2.24, 2.45) is 0 Å². The van der Waals surface area contributed by atoms with Crippen LogP contribution < -0.4 is 4.74 Å². The molecule has 24 heavy (non-hydrogen) atoms. The normalized spacial score (nSPS) is 10.8. The number of hydrogen-bond donors (Lipinski definition) is 1. The van der Waals surface area contributed by atoms with Gasteiger partial charge in [0.15, 0.2) is 0 Å². The van der Waals surface area contributed by atoms with Gasteiger partial charge in [0.05, 0.1) is 19.8 Å². The largest absolute Gasteiger partial charge is 0.508 e. The highest BCUT2D eigenvalue weighted by molar-refractivity contribution is 9.10. The summed E-state index contributed by atoms with van der Waals surface area (Å²) >= 11 is 3.39. The fourth-order valence-corrected chi connectivity index (χ4v) is 2.84. The molecular weight excluding hydrogens is 376 g/mol. The summed E-state index contributed by atoms with van der Waals surface area (Å²) in [6, 6.07) is 10.3. The third kappa shape index (κ3) is 3.54. The van der Waals surface area contributed by atoms with E-state index in [1.807, 2.05) is 18.2 Å². The van der Waals surface area contributed by atoms with Crippen molar-refractivity contribution in [1.29, 1.82) is 0 Å². The Labute approximate surface area is 146 Å². The number of ether oxygens (including phenoxy) is 2. The molecule has 2 aromatic carbocycles. The minimum Gasteiger partial charge on any atom is -0.508 e. The lowest BCUT2D eigenvalue weighted by Crippen LogP contribution is -2.08. The third-order valence-electron chi connectivity index (χ3n) is 3.61. The van der Waals surface area contributed by atoms with Crippen molar-refractivity contribution in [3.05, 3.63) is 58.3 Å². The van der Waals surface area contributed by atoms with E-state index in [0.29, 0.717) is 11.3 Å². The second-order valence-electron chi connectivity index (χ2n) is 5.24. The lowest BCUT2D eigenvalue weighted by Gasteiger charge is -2.09. The van der Waals surface area contributed by atoms with Gasteiger partial charge in [0, 0.05) is 27.1 Å². The molecule has 1 N–H and O–H groups in total. The van der Waals surface area contributed by atoms with E-state index in [9.17, 15) is 9.90 Å². The average molecular weight is 391 g/mol. The van der Waals surface area contributed by atoms with Crippen LogP contribution in [-0.4, -0.2) is 18.2 Å². The van der Waals surface area contributed by atoms with Crippen molar-refractivity contribution >= 4 is 32.9 Å². The van der Waals surface area contributed by atoms with Gasteiger partial charge in [-0.2, -0.15) is 0 Å². The summed E-state index contributed by atoms with van der Waals surface area (Å²) in [5.74, 6) is 0.413. The summed E-state index contributed by atoms with van der Waals surface area (Å²) in [5, 5.41) is 10.2. The number of phenols is 1. The number of benzene rings is 2. The molecule has 0 radical (unpaired) electrons. The van der Waals surface area contributed by atoms with E-state index in [-0.39, 0.29) is 24.7 Å². The maximum absolute atomic E-state index is 12.1. The van der Waals surface area contributed by atoms with Gasteiger partial charge in [-0.3, -0.25) is 4.79 Å². The predicted octanol–water partition coefficient (Wildman–Crippen LogP) is 4.20. The van der Waals surface area contributed by atoms with Crippen molar-refractivity contribution < 1.29 is 23.8 Å². The highest BCUT2D eigenvalue weighted by atomic mass is 79.9. The van der Waals surface area contributed by atoms with Gasteiger partial charge < -0.3 is 19.0 Å². The van der Waals surface area contributed by atoms with E-state index in [1.165, 1.54) is 12.3 Å². The number of esters is 1. The Morgan fingerprint density at radius 3 is 2.83 bits per heavy atom. The van der Waals surface area contributed by atoms with Crippen LogP contribution in [0.5, 0.6) is 11.5 Å². The third-order valence-corrected chi connectivity index (χ3v) is 4.10. The molecule has 0 atom stereocenters. The monoisotopic (exact) mass is 390 g/mol. The number of carbonyl (C=O) groups is 1.